The SMILES string of the molecule is CC(C)c1ccc([I-]c2ccc(Cc3c(F)c(F)c(F)c(F)c3F)cc2)cc1. The van der Waals surface area contributed by atoms with Gasteiger partial charge in [0, 0.05) is 0 Å². The summed E-state index contributed by atoms with van der Waals surface area (Å²) in [7, 11) is 0. The summed E-state index contributed by atoms with van der Waals surface area (Å²) in [6.45, 7) is 4.26. The van der Waals surface area contributed by atoms with Crippen LogP contribution in [0.4, 0.5) is 22.0 Å². The van der Waals surface area contributed by atoms with Crippen LogP contribution in [0.5, 0.6) is 0 Å². The van der Waals surface area contributed by atoms with Crippen molar-refractivity contribution >= 4 is 0 Å². The molecule has 0 atom stereocenters. The Bertz CT molecular complexity index is 950. The van der Waals surface area contributed by atoms with E-state index in [1.807, 2.05) is 12.1 Å². The number of hydrogen-bond acceptors (Lipinski definition) is 0. The average molecular weight is 503 g/mol. The first kappa shape index (κ1) is 20.8. The van der Waals surface area contributed by atoms with Crippen LogP contribution in [-0.4, -0.2) is 0 Å². The Morgan fingerprint density at radius 1 is 0.643 bits per heavy atom. The van der Waals surface area contributed by atoms with Crippen LogP contribution in [-0.2, 0) is 6.42 Å². The van der Waals surface area contributed by atoms with Gasteiger partial charge in [-0.25, -0.2) is 0 Å². The molecule has 28 heavy (non-hydrogen) atoms. The molecule has 0 nitrogen and oxygen atoms in total. The van der Waals surface area contributed by atoms with Gasteiger partial charge in [-0.2, -0.15) is 0 Å². The van der Waals surface area contributed by atoms with Gasteiger partial charge in [-0.05, 0) is 0 Å². The zero-order chi connectivity index (χ0) is 20.4. The Balaban J connectivity index is 1.77. The number of benzene rings is 3. The molecule has 0 spiro atoms. The van der Waals surface area contributed by atoms with Crippen molar-refractivity contribution in [1.82, 2.24) is 0 Å². The summed E-state index contributed by atoms with van der Waals surface area (Å²) in [5, 5.41) is 0. The molecule has 0 fully saturated rings. The number of hydrogen-bond donors (Lipinski definition) is 0. The van der Waals surface area contributed by atoms with E-state index in [-0.39, 0.29) is 6.42 Å². The van der Waals surface area contributed by atoms with Gasteiger partial charge in [-0.1, -0.05) is 0 Å². The fourth-order valence-electron chi connectivity index (χ4n) is 2.71. The van der Waals surface area contributed by atoms with E-state index in [0.29, 0.717) is 11.5 Å². The van der Waals surface area contributed by atoms with Gasteiger partial charge in [0.25, 0.3) is 0 Å². The molecule has 0 aliphatic carbocycles. The zero-order valence-corrected chi connectivity index (χ0v) is 17.3. The Labute approximate surface area is 170 Å². The van der Waals surface area contributed by atoms with Crippen LogP contribution in [0.15, 0.2) is 48.5 Å². The molecule has 0 saturated carbocycles. The summed E-state index contributed by atoms with van der Waals surface area (Å²) >= 11 is -0.423. The first-order valence-electron chi connectivity index (χ1n) is 8.62. The molecule has 0 unspecified atom stereocenters. The van der Waals surface area contributed by atoms with Crippen LogP contribution < -0.4 is 21.2 Å². The monoisotopic (exact) mass is 503 g/mol. The van der Waals surface area contributed by atoms with Crippen LogP contribution >= 0.6 is 0 Å². The van der Waals surface area contributed by atoms with Crippen molar-refractivity contribution in [2.45, 2.75) is 26.2 Å². The fraction of sp³-hybridized carbons (Fsp3) is 0.182. The van der Waals surface area contributed by atoms with E-state index in [0.717, 1.165) is 3.57 Å². The number of rotatable bonds is 5. The molecule has 0 aliphatic heterocycles. The van der Waals surface area contributed by atoms with E-state index < -0.39 is 55.9 Å². The van der Waals surface area contributed by atoms with Crippen LogP contribution in [0.25, 0.3) is 0 Å². The Morgan fingerprint density at radius 2 is 1.07 bits per heavy atom. The summed E-state index contributed by atoms with van der Waals surface area (Å²) in [5.41, 5.74) is 0.931. The van der Waals surface area contributed by atoms with Crippen LogP contribution in [0.3, 0.4) is 0 Å². The first-order chi connectivity index (χ1) is 13.3. The predicted molar refractivity (Wildman–Crippen MR) is 93.4 cm³/mol. The average Bonchev–Trinajstić information content (AvgIpc) is 2.70. The quantitative estimate of drug-likeness (QED) is 0.217. The van der Waals surface area contributed by atoms with Crippen LogP contribution in [0.2, 0.25) is 0 Å². The van der Waals surface area contributed by atoms with Crippen molar-refractivity contribution in [2.75, 3.05) is 0 Å². The van der Waals surface area contributed by atoms with Crippen LogP contribution in [0, 0.1) is 36.2 Å². The fourth-order valence-corrected chi connectivity index (χ4v) is 4.87. The molecule has 0 N–H and O–H groups in total. The molecule has 0 aliphatic rings. The van der Waals surface area contributed by atoms with E-state index in [9.17, 15) is 22.0 Å². The molecule has 0 amide bonds. The van der Waals surface area contributed by atoms with Crippen molar-refractivity contribution in [3.8, 4) is 0 Å². The summed E-state index contributed by atoms with van der Waals surface area (Å²) in [4.78, 5) is 0. The molecular weight excluding hydrogens is 486 g/mol. The molecule has 148 valence electrons. The van der Waals surface area contributed by atoms with Gasteiger partial charge < -0.3 is 0 Å². The van der Waals surface area contributed by atoms with E-state index in [1.54, 1.807) is 12.1 Å². The second-order valence-electron chi connectivity index (χ2n) is 6.65. The molecule has 0 bridgehead atoms. The molecule has 0 radical (unpaired) electrons. The third-order valence-corrected chi connectivity index (χ3v) is 7.03. The van der Waals surface area contributed by atoms with Crippen molar-refractivity contribution in [1.29, 1.82) is 0 Å². The summed E-state index contributed by atoms with van der Waals surface area (Å²) in [5.74, 6) is -9.06. The molecule has 0 heterocycles. The Hall–Kier alpha value is -1.96. The molecule has 3 aromatic carbocycles. The summed E-state index contributed by atoms with van der Waals surface area (Å²) < 4.78 is 69.8. The summed E-state index contributed by atoms with van der Waals surface area (Å²) in [6, 6.07) is 15.4. The van der Waals surface area contributed by atoms with Gasteiger partial charge in [0.15, 0.2) is 0 Å². The number of halogens is 6. The molecule has 0 saturated heterocycles. The Morgan fingerprint density at radius 3 is 1.54 bits per heavy atom. The third-order valence-electron chi connectivity index (χ3n) is 4.35. The predicted octanol–water partition coefficient (Wildman–Crippen LogP) is 3.22. The second kappa shape index (κ2) is 8.59. The van der Waals surface area contributed by atoms with Gasteiger partial charge in [-0.15, -0.1) is 0 Å². The topological polar surface area (TPSA) is 0 Å². The van der Waals surface area contributed by atoms with E-state index >= 15 is 0 Å². The minimum atomic E-state index is -2.14. The molecule has 3 rings (SSSR count). The van der Waals surface area contributed by atoms with Crippen molar-refractivity contribution in [3.05, 3.63) is 101 Å². The van der Waals surface area contributed by atoms with Crippen molar-refractivity contribution in [2.24, 2.45) is 0 Å². The maximum absolute atomic E-state index is 13.8. The third kappa shape index (κ3) is 4.37. The Kier molecular flexibility index (Phi) is 6.37. The molecular formula is C22H17F5I-. The molecule has 6 heteroatoms. The van der Waals surface area contributed by atoms with Crippen molar-refractivity contribution < 1.29 is 43.2 Å². The van der Waals surface area contributed by atoms with E-state index in [1.165, 1.54) is 9.13 Å². The van der Waals surface area contributed by atoms with Gasteiger partial charge >= 0.3 is 171 Å². The van der Waals surface area contributed by atoms with Crippen molar-refractivity contribution in [3.63, 3.8) is 0 Å². The van der Waals surface area contributed by atoms with Gasteiger partial charge in [0.2, 0.25) is 0 Å². The van der Waals surface area contributed by atoms with Gasteiger partial charge in [-0.3, -0.25) is 0 Å². The van der Waals surface area contributed by atoms with Crippen LogP contribution in [0.1, 0.15) is 36.5 Å². The second-order valence-corrected chi connectivity index (χ2v) is 9.68. The normalized spacial score (nSPS) is 11.4. The summed E-state index contributed by atoms with van der Waals surface area (Å²) in [6.07, 6.45) is -0.368. The maximum atomic E-state index is 13.8. The zero-order valence-electron chi connectivity index (χ0n) is 15.2. The standard InChI is InChI=1S/C22H17F5I/c1-12(2)14-5-9-16(10-6-14)28-15-7-3-13(4-8-15)11-17-18(23)20(25)22(27)21(26)19(17)24/h3-10,12H,11H2,1-2H3/q-1. The minimum absolute atomic E-state index is 0.368. The van der Waals surface area contributed by atoms with E-state index in [2.05, 4.69) is 38.1 Å². The first-order valence-corrected chi connectivity index (χ1v) is 10.8. The van der Waals surface area contributed by atoms with E-state index in [4.69, 9.17) is 0 Å². The molecule has 0 aromatic heterocycles. The molecule has 3 aromatic rings. The van der Waals surface area contributed by atoms with Gasteiger partial charge in [0.05, 0.1) is 0 Å². The van der Waals surface area contributed by atoms with Gasteiger partial charge in [0.1, 0.15) is 0 Å².